The molecule has 0 saturated carbocycles. The topological polar surface area (TPSA) is 124 Å². The summed E-state index contributed by atoms with van der Waals surface area (Å²) in [6.07, 6.45) is 3.42. The molecule has 3 atom stereocenters. The van der Waals surface area contributed by atoms with E-state index in [9.17, 15) is 24.9 Å². The first-order valence-electron chi connectivity index (χ1n) is 9.24. The molecule has 1 aromatic carbocycles. The van der Waals surface area contributed by atoms with Crippen LogP contribution in [0, 0.1) is 0 Å². The zero-order valence-corrected chi connectivity index (χ0v) is 15.7. The number of ether oxygens (including phenoxy) is 1. The number of aliphatic hydroxyl groups is 3. The fourth-order valence-electron chi connectivity index (χ4n) is 2.95. The lowest BCUT2D eigenvalue weighted by molar-refractivity contribution is -0.127. The molecule has 1 aliphatic rings. The van der Waals surface area contributed by atoms with Crippen LogP contribution in [-0.2, 0) is 16.0 Å². The van der Waals surface area contributed by atoms with Crippen LogP contribution in [0.3, 0.4) is 0 Å². The summed E-state index contributed by atoms with van der Waals surface area (Å²) in [6.45, 7) is 1.62. The van der Waals surface area contributed by atoms with E-state index < -0.39 is 30.1 Å². The molecule has 2 rings (SSSR count). The summed E-state index contributed by atoms with van der Waals surface area (Å²) in [7, 11) is 0. The van der Waals surface area contributed by atoms with Crippen molar-refractivity contribution in [1.82, 2.24) is 0 Å². The van der Waals surface area contributed by atoms with Crippen molar-refractivity contribution < 1.29 is 34.8 Å². The number of fused-ring (bicyclic) bond motifs is 1. The van der Waals surface area contributed by atoms with Crippen molar-refractivity contribution in [1.29, 1.82) is 0 Å². The van der Waals surface area contributed by atoms with E-state index in [4.69, 9.17) is 9.84 Å². The Kier molecular flexibility index (Phi) is 7.92. The number of aromatic hydroxyl groups is 1. The average molecular weight is 390 g/mol. The standard InChI is InChI=1S/C21H26O7/c1-13-5-2-8-17(24)20(26)18(25)9-3-7-15-14(6-4-12-22)10-11-16(23)19(15)21(27)28-13/h2-3,7-8,10-11,13,18,20,22-23,25-26H,4-6,9,12H2,1H3/b7-3+,8-2-/t13-,18-,20+/m0/s1. The first-order chi connectivity index (χ1) is 13.3. The van der Waals surface area contributed by atoms with Crippen LogP contribution in [0.4, 0.5) is 0 Å². The van der Waals surface area contributed by atoms with Crippen LogP contribution >= 0.6 is 0 Å². The van der Waals surface area contributed by atoms with Crippen molar-refractivity contribution in [3.63, 3.8) is 0 Å². The average Bonchev–Trinajstić information content (AvgIpc) is 2.65. The highest BCUT2D eigenvalue weighted by molar-refractivity contribution is 5.97. The normalized spacial score (nSPS) is 26.1. The molecule has 0 saturated heterocycles. The van der Waals surface area contributed by atoms with Gasteiger partial charge in [-0.2, -0.15) is 0 Å². The summed E-state index contributed by atoms with van der Waals surface area (Å²) in [5.41, 5.74) is 1.15. The minimum atomic E-state index is -1.56. The smallest absolute Gasteiger partial charge is 0.342 e. The Morgan fingerprint density at radius 3 is 2.54 bits per heavy atom. The molecule has 0 amide bonds. The molecule has 1 aromatic rings. The largest absolute Gasteiger partial charge is 0.507 e. The molecule has 1 heterocycles. The van der Waals surface area contributed by atoms with Crippen molar-refractivity contribution in [2.24, 2.45) is 0 Å². The second-order valence-electron chi connectivity index (χ2n) is 6.77. The highest BCUT2D eigenvalue weighted by atomic mass is 16.5. The lowest BCUT2D eigenvalue weighted by Crippen LogP contribution is -2.32. The first kappa shape index (κ1) is 21.8. The Morgan fingerprint density at radius 1 is 1.11 bits per heavy atom. The third kappa shape index (κ3) is 5.51. The zero-order valence-electron chi connectivity index (χ0n) is 15.7. The lowest BCUT2D eigenvalue weighted by Gasteiger charge is -2.17. The van der Waals surface area contributed by atoms with Crippen LogP contribution in [0.2, 0.25) is 0 Å². The summed E-state index contributed by atoms with van der Waals surface area (Å²) in [5, 5.41) is 39.4. The van der Waals surface area contributed by atoms with Crippen LogP contribution in [0.1, 0.15) is 47.7 Å². The second kappa shape index (κ2) is 10.2. The fraction of sp³-hybridized carbons (Fsp3) is 0.429. The summed E-state index contributed by atoms with van der Waals surface area (Å²) in [5.74, 6) is -1.56. The minimum Gasteiger partial charge on any atom is -0.507 e. The van der Waals surface area contributed by atoms with Gasteiger partial charge in [-0.25, -0.2) is 4.79 Å². The maximum absolute atomic E-state index is 12.7. The van der Waals surface area contributed by atoms with Gasteiger partial charge < -0.3 is 25.2 Å². The molecule has 28 heavy (non-hydrogen) atoms. The van der Waals surface area contributed by atoms with Crippen molar-refractivity contribution in [2.45, 2.75) is 50.9 Å². The number of hydrogen-bond acceptors (Lipinski definition) is 7. The number of aliphatic hydroxyl groups excluding tert-OH is 3. The number of phenolic OH excluding ortho intramolecular Hbond substituents is 1. The molecule has 0 radical (unpaired) electrons. The van der Waals surface area contributed by atoms with Crippen molar-refractivity contribution in [2.75, 3.05) is 6.61 Å². The Labute approximate surface area is 163 Å². The predicted molar refractivity (Wildman–Crippen MR) is 103 cm³/mol. The molecule has 0 unspecified atom stereocenters. The molecule has 0 spiro atoms. The number of esters is 1. The van der Waals surface area contributed by atoms with E-state index in [2.05, 4.69) is 0 Å². The van der Waals surface area contributed by atoms with Gasteiger partial charge in [0, 0.05) is 13.0 Å². The number of carbonyl (C=O) groups is 2. The Balaban J connectivity index is 2.49. The highest BCUT2D eigenvalue weighted by Crippen LogP contribution is 2.29. The minimum absolute atomic E-state index is 0.00527. The van der Waals surface area contributed by atoms with E-state index in [1.54, 1.807) is 19.1 Å². The van der Waals surface area contributed by atoms with Gasteiger partial charge in [0.1, 0.15) is 23.5 Å². The molecule has 0 fully saturated rings. The molecule has 0 aliphatic carbocycles. The molecule has 7 heteroatoms. The predicted octanol–water partition coefficient (Wildman–Crippen LogP) is 1.52. The summed E-state index contributed by atoms with van der Waals surface area (Å²) in [4.78, 5) is 24.6. The molecule has 7 nitrogen and oxygen atoms in total. The van der Waals surface area contributed by atoms with Crippen LogP contribution in [0.5, 0.6) is 5.75 Å². The van der Waals surface area contributed by atoms with Gasteiger partial charge in [0.15, 0.2) is 5.78 Å². The van der Waals surface area contributed by atoms with Crippen molar-refractivity contribution >= 4 is 17.8 Å². The number of cyclic esters (lactones) is 1. The van der Waals surface area contributed by atoms with E-state index in [1.165, 1.54) is 18.2 Å². The van der Waals surface area contributed by atoms with E-state index in [-0.39, 0.29) is 30.8 Å². The van der Waals surface area contributed by atoms with Crippen molar-refractivity contribution in [3.8, 4) is 5.75 Å². The third-order valence-electron chi connectivity index (χ3n) is 4.50. The maximum atomic E-state index is 12.7. The number of rotatable bonds is 3. The molecule has 4 N–H and O–H groups in total. The number of aryl methyl sites for hydroxylation is 1. The van der Waals surface area contributed by atoms with Gasteiger partial charge in [0.05, 0.1) is 6.10 Å². The van der Waals surface area contributed by atoms with Gasteiger partial charge in [0.25, 0.3) is 0 Å². The van der Waals surface area contributed by atoms with E-state index in [0.29, 0.717) is 18.4 Å². The SMILES string of the molecule is C[C@H]1C/C=C\C(=O)[C@@H](O)[C@@H](O)C/C=C/c2c(CCCO)ccc(O)c2C(=O)O1. The lowest BCUT2D eigenvalue weighted by atomic mass is 9.95. The third-order valence-corrected chi connectivity index (χ3v) is 4.50. The first-order valence-corrected chi connectivity index (χ1v) is 9.24. The summed E-state index contributed by atoms with van der Waals surface area (Å²) >= 11 is 0. The van der Waals surface area contributed by atoms with Gasteiger partial charge in [-0.1, -0.05) is 24.3 Å². The van der Waals surface area contributed by atoms with Gasteiger partial charge in [-0.15, -0.1) is 0 Å². The Morgan fingerprint density at radius 2 is 1.82 bits per heavy atom. The molecular weight excluding hydrogens is 364 g/mol. The van der Waals surface area contributed by atoms with Crippen LogP contribution < -0.4 is 0 Å². The Hall–Kier alpha value is -2.48. The van der Waals surface area contributed by atoms with Gasteiger partial charge >= 0.3 is 5.97 Å². The Bertz CT molecular complexity index is 766. The fourth-order valence-corrected chi connectivity index (χ4v) is 2.95. The number of benzene rings is 1. The monoisotopic (exact) mass is 390 g/mol. The van der Waals surface area contributed by atoms with Crippen LogP contribution in [0.15, 0.2) is 30.4 Å². The van der Waals surface area contributed by atoms with E-state index in [0.717, 1.165) is 11.6 Å². The van der Waals surface area contributed by atoms with Gasteiger partial charge in [-0.3, -0.25) is 4.79 Å². The number of carbonyl (C=O) groups excluding carboxylic acids is 2. The van der Waals surface area contributed by atoms with Crippen LogP contribution in [0.25, 0.3) is 6.08 Å². The van der Waals surface area contributed by atoms with Crippen LogP contribution in [-0.4, -0.2) is 57.1 Å². The number of phenols is 1. The van der Waals surface area contributed by atoms with E-state index in [1.807, 2.05) is 0 Å². The summed E-state index contributed by atoms with van der Waals surface area (Å²) in [6, 6.07) is 3.07. The van der Waals surface area contributed by atoms with Gasteiger partial charge in [0.2, 0.25) is 0 Å². The number of hydrogen-bond donors (Lipinski definition) is 4. The van der Waals surface area contributed by atoms with Crippen molar-refractivity contribution in [3.05, 3.63) is 47.1 Å². The van der Waals surface area contributed by atoms with Gasteiger partial charge in [-0.05, 0) is 49.5 Å². The maximum Gasteiger partial charge on any atom is 0.342 e. The molecule has 152 valence electrons. The molecular formula is C21H26O7. The molecule has 0 bridgehead atoms. The quantitative estimate of drug-likeness (QED) is 0.577. The second-order valence-corrected chi connectivity index (χ2v) is 6.77. The van der Waals surface area contributed by atoms with E-state index >= 15 is 0 Å². The highest BCUT2D eigenvalue weighted by Gasteiger charge is 2.24. The zero-order chi connectivity index (χ0) is 20.7. The number of ketones is 1. The summed E-state index contributed by atoms with van der Waals surface area (Å²) < 4.78 is 5.39. The molecule has 1 aliphatic heterocycles. The molecule has 0 aromatic heterocycles.